The maximum atomic E-state index is 12.3. The number of hydrogen-bond acceptors (Lipinski definition) is 4. The first-order chi connectivity index (χ1) is 11.0. The van der Waals surface area contributed by atoms with Crippen LogP contribution in [0.4, 0.5) is 5.69 Å². The van der Waals surface area contributed by atoms with E-state index < -0.39 is 22.9 Å². The average Bonchev–Trinajstić information content (AvgIpc) is 2.53. The number of carbonyl (C=O) groups is 2. The molecule has 1 aliphatic rings. The van der Waals surface area contributed by atoms with Crippen LogP contribution in [0, 0.1) is 16.0 Å². The predicted molar refractivity (Wildman–Crippen MR) is 82.8 cm³/mol. The normalized spacial score (nSPS) is 21.3. The maximum Gasteiger partial charge on any atom is 0.308 e. The number of non-ortho nitro benzene ring substituents is 1. The van der Waals surface area contributed by atoms with Crippen LogP contribution in [0.3, 0.4) is 0 Å². The minimum atomic E-state index is -0.942. The van der Waals surface area contributed by atoms with Crippen LogP contribution in [0.25, 0.3) is 0 Å². The second-order valence-corrected chi connectivity index (χ2v) is 5.72. The molecule has 1 heterocycles. The molecule has 23 heavy (non-hydrogen) atoms. The van der Waals surface area contributed by atoms with Gasteiger partial charge in [-0.1, -0.05) is 25.5 Å². The molecule has 0 radical (unpaired) electrons. The summed E-state index contributed by atoms with van der Waals surface area (Å²) in [7, 11) is 0. The van der Waals surface area contributed by atoms with Crippen molar-refractivity contribution in [2.45, 2.75) is 38.6 Å². The molecule has 0 saturated carbocycles. The quantitative estimate of drug-likeness (QED) is 0.641. The number of carboxylic acid groups (broad SMARTS) is 1. The number of likely N-dealkylation sites (tertiary alicyclic amines) is 1. The Morgan fingerprint density at radius 1 is 1.39 bits per heavy atom. The monoisotopic (exact) mass is 320 g/mol. The van der Waals surface area contributed by atoms with Gasteiger partial charge in [-0.15, -0.1) is 0 Å². The summed E-state index contributed by atoms with van der Waals surface area (Å²) in [5.41, 5.74) is 0.579. The lowest BCUT2D eigenvalue weighted by Gasteiger charge is -2.39. The SMILES string of the molecule is CCCCN1C(=O)CC[C@H](C(=O)O)[C@@H]1c1ccc([N+](=O)[O-])cc1. The summed E-state index contributed by atoms with van der Waals surface area (Å²) in [4.78, 5) is 35.7. The van der Waals surface area contributed by atoms with E-state index in [0.29, 0.717) is 18.5 Å². The number of unbranched alkanes of at least 4 members (excludes halogenated alkanes) is 1. The number of rotatable bonds is 6. The Balaban J connectivity index is 2.37. The summed E-state index contributed by atoms with van der Waals surface area (Å²) < 4.78 is 0. The van der Waals surface area contributed by atoms with E-state index in [-0.39, 0.29) is 18.0 Å². The molecule has 0 unspecified atom stereocenters. The van der Waals surface area contributed by atoms with Gasteiger partial charge in [-0.2, -0.15) is 0 Å². The average molecular weight is 320 g/mol. The highest BCUT2D eigenvalue weighted by Crippen LogP contribution is 2.37. The van der Waals surface area contributed by atoms with Gasteiger partial charge in [-0.05, 0) is 18.4 Å². The van der Waals surface area contributed by atoms with Crippen molar-refractivity contribution in [2.24, 2.45) is 5.92 Å². The van der Waals surface area contributed by atoms with E-state index in [1.54, 1.807) is 17.0 Å². The third-order valence-corrected chi connectivity index (χ3v) is 4.22. The fraction of sp³-hybridized carbons (Fsp3) is 0.500. The van der Waals surface area contributed by atoms with Crippen molar-refractivity contribution in [3.8, 4) is 0 Å². The first-order valence-corrected chi connectivity index (χ1v) is 7.72. The first-order valence-electron chi connectivity index (χ1n) is 7.72. The van der Waals surface area contributed by atoms with Gasteiger partial charge in [-0.25, -0.2) is 0 Å². The number of nitro groups is 1. The fourth-order valence-electron chi connectivity index (χ4n) is 3.01. The largest absolute Gasteiger partial charge is 0.481 e. The first kappa shape index (κ1) is 16.9. The lowest BCUT2D eigenvalue weighted by molar-refractivity contribution is -0.384. The van der Waals surface area contributed by atoms with E-state index in [1.807, 2.05) is 6.92 Å². The molecule has 7 heteroatoms. The predicted octanol–water partition coefficient (Wildman–Crippen LogP) is 2.76. The molecule has 1 N–H and O–H groups in total. The number of benzene rings is 1. The fourth-order valence-corrected chi connectivity index (χ4v) is 3.01. The van der Waals surface area contributed by atoms with E-state index in [2.05, 4.69) is 0 Å². The van der Waals surface area contributed by atoms with Gasteiger partial charge < -0.3 is 10.0 Å². The van der Waals surface area contributed by atoms with E-state index >= 15 is 0 Å². The Morgan fingerprint density at radius 2 is 2.04 bits per heavy atom. The number of piperidine rings is 1. The smallest absolute Gasteiger partial charge is 0.308 e. The topological polar surface area (TPSA) is 101 Å². The molecule has 2 rings (SSSR count). The number of nitrogens with zero attached hydrogens (tertiary/aromatic N) is 2. The van der Waals surface area contributed by atoms with Gasteiger partial charge in [0, 0.05) is 25.1 Å². The second-order valence-electron chi connectivity index (χ2n) is 5.72. The molecule has 0 aromatic heterocycles. The molecule has 1 amide bonds. The number of nitro benzene ring substituents is 1. The summed E-state index contributed by atoms with van der Waals surface area (Å²) in [6, 6.07) is 5.24. The Labute approximate surface area is 134 Å². The van der Waals surface area contributed by atoms with Crippen molar-refractivity contribution in [1.29, 1.82) is 0 Å². The van der Waals surface area contributed by atoms with Gasteiger partial charge >= 0.3 is 5.97 Å². The highest BCUT2D eigenvalue weighted by molar-refractivity contribution is 5.81. The summed E-state index contributed by atoms with van der Waals surface area (Å²) >= 11 is 0. The van der Waals surface area contributed by atoms with Crippen molar-refractivity contribution in [1.82, 2.24) is 4.90 Å². The van der Waals surface area contributed by atoms with Gasteiger partial charge in [0.05, 0.1) is 16.9 Å². The van der Waals surface area contributed by atoms with Crippen LogP contribution in [-0.4, -0.2) is 33.4 Å². The third-order valence-electron chi connectivity index (χ3n) is 4.22. The van der Waals surface area contributed by atoms with Crippen LogP contribution in [0.5, 0.6) is 0 Å². The summed E-state index contributed by atoms with van der Waals surface area (Å²) in [5.74, 6) is -1.69. The van der Waals surface area contributed by atoms with Crippen LogP contribution in [0.15, 0.2) is 24.3 Å². The van der Waals surface area contributed by atoms with Crippen molar-refractivity contribution in [3.05, 3.63) is 39.9 Å². The Hall–Kier alpha value is -2.44. The highest BCUT2D eigenvalue weighted by atomic mass is 16.6. The maximum absolute atomic E-state index is 12.3. The highest BCUT2D eigenvalue weighted by Gasteiger charge is 2.40. The number of hydrogen-bond donors (Lipinski definition) is 1. The molecule has 1 fully saturated rings. The van der Waals surface area contributed by atoms with E-state index in [1.165, 1.54) is 12.1 Å². The molecule has 2 atom stereocenters. The van der Waals surface area contributed by atoms with Crippen LogP contribution < -0.4 is 0 Å². The Kier molecular flexibility index (Phi) is 5.31. The van der Waals surface area contributed by atoms with Crippen LogP contribution in [0.1, 0.15) is 44.2 Å². The number of carbonyl (C=O) groups excluding carboxylic acids is 1. The standard InChI is InChI=1S/C16H20N2O5/c1-2-3-10-17-14(19)9-8-13(16(20)21)15(17)11-4-6-12(7-5-11)18(22)23/h4-7,13,15H,2-3,8-10H2,1H3,(H,20,21)/t13-,15-/m0/s1. The summed E-state index contributed by atoms with van der Waals surface area (Å²) in [5, 5.41) is 20.3. The molecular formula is C16H20N2O5. The van der Waals surface area contributed by atoms with Crippen molar-refractivity contribution in [3.63, 3.8) is 0 Å². The second kappa shape index (κ2) is 7.21. The van der Waals surface area contributed by atoms with E-state index in [4.69, 9.17) is 0 Å². The van der Waals surface area contributed by atoms with E-state index in [0.717, 1.165) is 12.8 Å². The lowest BCUT2D eigenvalue weighted by Crippen LogP contribution is -2.45. The van der Waals surface area contributed by atoms with Gasteiger partial charge in [0.15, 0.2) is 0 Å². The zero-order chi connectivity index (χ0) is 17.0. The molecule has 7 nitrogen and oxygen atoms in total. The van der Waals surface area contributed by atoms with Gasteiger partial charge in [0.25, 0.3) is 5.69 Å². The zero-order valence-corrected chi connectivity index (χ0v) is 13.0. The molecular weight excluding hydrogens is 300 g/mol. The molecule has 1 aliphatic heterocycles. The minimum Gasteiger partial charge on any atom is -0.481 e. The van der Waals surface area contributed by atoms with Crippen LogP contribution in [0.2, 0.25) is 0 Å². The molecule has 0 aliphatic carbocycles. The van der Waals surface area contributed by atoms with Crippen LogP contribution >= 0.6 is 0 Å². The number of aliphatic carboxylic acids is 1. The summed E-state index contributed by atoms with van der Waals surface area (Å²) in [6.07, 6.45) is 2.21. The lowest BCUT2D eigenvalue weighted by atomic mass is 9.84. The van der Waals surface area contributed by atoms with Gasteiger partial charge in [-0.3, -0.25) is 19.7 Å². The van der Waals surface area contributed by atoms with Gasteiger partial charge in [0.2, 0.25) is 5.91 Å². The van der Waals surface area contributed by atoms with Crippen molar-refractivity contribution < 1.29 is 19.6 Å². The van der Waals surface area contributed by atoms with Crippen LogP contribution in [-0.2, 0) is 9.59 Å². The number of amides is 1. The molecule has 124 valence electrons. The number of carboxylic acids is 1. The Bertz CT molecular complexity index is 599. The molecule has 1 aromatic rings. The van der Waals surface area contributed by atoms with E-state index in [9.17, 15) is 24.8 Å². The van der Waals surface area contributed by atoms with Gasteiger partial charge in [0.1, 0.15) is 0 Å². The molecule has 0 bridgehead atoms. The van der Waals surface area contributed by atoms with Crippen molar-refractivity contribution in [2.75, 3.05) is 6.54 Å². The molecule has 1 aromatic carbocycles. The molecule has 1 saturated heterocycles. The zero-order valence-electron chi connectivity index (χ0n) is 13.0. The third kappa shape index (κ3) is 3.67. The minimum absolute atomic E-state index is 0.0529. The Morgan fingerprint density at radius 3 is 2.57 bits per heavy atom. The summed E-state index contributed by atoms with van der Waals surface area (Å²) in [6.45, 7) is 2.50. The molecule has 0 spiro atoms. The van der Waals surface area contributed by atoms with Crippen molar-refractivity contribution >= 4 is 17.6 Å².